The third-order valence-corrected chi connectivity index (χ3v) is 19.7. The van der Waals surface area contributed by atoms with E-state index in [1.165, 1.54) is 158 Å². The van der Waals surface area contributed by atoms with E-state index in [9.17, 15) is 0 Å². The van der Waals surface area contributed by atoms with Gasteiger partial charge in [-0.2, -0.15) is 0 Å². The van der Waals surface area contributed by atoms with Gasteiger partial charge in [-0.05, 0) is 224 Å². The predicted octanol–water partition coefficient (Wildman–Crippen LogP) is 25.4. The van der Waals surface area contributed by atoms with Crippen LogP contribution in [0.25, 0.3) is 207 Å². The fraction of sp³-hybridized carbons (Fsp3) is 0. The molecule has 20 aromatic rings. The largest absolute Gasteiger partial charge is 0.456 e. The fourth-order valence-corrected chi connectivity index (χ4v) is 15.7. The Morgan fingerprint density at radius 1 is 0.144 bits per heavy atom. The summed E-state index contributed by atoms with van der Waals surface area (Å²) >= 11 is 0. The first-order valence-electron chi connectivity index (χ1n) is 31.1. The maximum Gasteiger partial charge on any atom is 0.136 e. The highest BCUT2D eigenvalue weighted by molar-refractivity contribution is 6.27. The van der Waals surface area contributed by atoms with Crippen molar-refractivity contribution in [1.82, 2.24) is 0 Å². The molecule has 2 nitrogen and oxygen atoms in total. The number of fused-ring (bicyclic) bond motifs is 18. The van der Waals surface area contributed by atoms with Crippen LogP contribution >= 0.6 is 0 Å². The Hall–Kier alpha value is -11.8. The normalized spacial score (nSPS) is 12.2. The monoisotopic (exact) mass is 1140 g/mol. The van der Waals surface area contributed by atoms with Crippen molar-refractivity contribution in [3.05, 3.63) is 303 Å². The molecule has 90 heavy (non-hydrogen) atoms. The van der Waals surface area contributed by atoms with Crippen LogP contribution < -0.4 is 0 Å². The molecule has 0 unspecified atom stereocenters. The first kappa shape index (κ1) is 49.3. The molecule has 0 saturated heterocycles. The average Bonchev–Trinajstić information content (AvgIpc) is 0.926. The summed E-state index contributed by atoms with van der Waals surface area (Å²) in [7, 11) is 0. The van der Waals surface area contributed by atoms with Gasteiger partial charge in [-0.3, -0.25) is 0 Å². The van der Waals surface area contributed by atoms with Gasteiger partial charge in [0.15, 0.2) is 0 Å². The highest BCUT2D eigenvalue weighted by Crippen LogP contribution is 2.50. The van der Waals surface area contributed by atoms with E-state index in [-0.39, 0.29) is 0 Å². The number of furan rings is 2. The van der Waals surface area contributed by atoms with E-state index < -0.39 is 0 Å². The SMILES string of the molecule is c1ccc2cc3c(cc2c1)oc1ccc(-c2c4ccccc4c(-c4cccc5c4ccc4cc(-c6cccc7cc8c(cc67)oc6ccc(-c7c9ccccc9c(-c9ccc%10c(ccc%11ccccc%11%10)c9)c9ccccc79)cc68)ccc45)c4ccccc24)cc13. The van der Waals surface area contributed by atoms with Crippen LogP contribution in [0.15, 0.2) is 312 Å². The second kappa shape index (κ2) is 18.8. The Bertz CT molecular complexity index is 6420. The van der Waals surface area contributed by atoms with E-state index in [4.69, 9.17) is 8.83 Å². The molecule has 0 bridgehead atoms. The van der Waals surface area contributed by atoms with Crippen LogP contribution in [-0.4, -0.2) is 0 Å². The Morgan fingerprint density at radius 2 is 0.500 bits per heavy atom. The molecule has 0 aliphatic heterocycles. The topological polar surface area (TPSA) is 26.3 Å². The van der Waals surface area contributed by atoms with Crippen molar-refractivity contribution in [1.29, 1.82) is 0 Å². The molecule has 0 spiro atoms. The van der Waals surface area contributed by atoms with E-state index in [1.54, 1.807) is 0 Å². The molecule has 0 aliphatic carbocycles. The summed E-state index contributed by atoms with van der Waals surface area (Å²) in [5.74, 6) is 0. The second-order valence-corrected chi connectivity index (χ2v) is 24.5. The molecule has 20 rings (SSSR count). The zero-order chi connectivity index (χ0) is 58.7. The van der Waals surface area contributed by atoms with E-state index in [0.29, 0.717) is 0 Å². The standard InChI is InChI=1S/C88H50O2/c1-2-17-53-49-83-79(45-52(53)16-1)77-47-60(36-41-81(77)89-83)87-72-24-9-11-26-74(72)88(75-27-12-10-25-73(75)87)67-30-14-29-65-64-38-33-56(43-57(64)34-40-66(65)67)62-28-13-18-54-46-80-78-48-59(37-42-82(78)90-84(80)50-76(54)62)86-70-22-7-5-20-68(70)85(69-21-6-8-23-71(69)86)58-35-39-63-55(44-58)32-31-51-15-3-4-19-61(51)63/h1-50H. The lowest BCUT2D eigenvalue weighted by Gasteiger charge is -2.19. The molecule has 2 heteroatoms. The third kappa shape index (κ3) is 7.22. The number of hydrogen-bond acceptors (Lipinski definition) is 2. The number of hydrogen-bond donors (Lipinski definition) is 0. The minimum absolute atomic E-state index is 0.878. The van der Waals surface area contributed by atoms with Gasteiger partial charge < -0.3 is 8.83 Å². The zero-order valence-corrected chi connectivity index (χ0v) is 48.7. The van der Waals surface area contributed by atoms with Gasteiger partial charge in [0, 0.05) is 21.5 Å². The molecular weight excluding hydrogens is 1090 g/mol. The summed E-state index contributed by atoms with van der Waals surface area (Å²) in [5, 5.41) is 29.0. The highest BCUT2D eigenvalue weighted by Gasteiger charge is 2.23. The van der Waals surface area contributed by atoms with Gasteiger partial charge in [-0.25, -0.2) is 0 Å². The molecule has 18 aromatic carbocycles. The van der Waals surface area contributed by atoms with Crippen LogP contribution in [0.5, 0.6) is 0 Å². The van der Waals surface area contributed by atoms with Crippen molar-refractivity contribution in [3.8, 4) is 55.6 Å². The lowest BCUT2D eigenvalue weighted by atomic mass is 9.84. The summed E-state index contributed by atoms with van der Waals surface area (Å²) < 4.78 is 13.3. The van der Waals surface area contributed by atoms with E-state index >= 15 is 0 Å². The molecule has 414 valence electrons. The highest BCUT2D eigenvalue weighted by atomic mass is 16.3. The number of benzene rings is 18. The summed E-state index contributed by atoms with van der Waals surface area (Å²) in [5.41, 5.74) is 15.7. The van der Waals surface area contributed by atoms with Crippen LogP contribution in [-0.2, 0) is 0 Å². The molecule has 0 N–H and O–H groups in total. The Labute approximate surface area is 516 Å². The summed E-state index contributed by atoms with van der Waals surface area (Å²) in [6.45, 7) is 0. The van der Waals surface area contributed by atoms with Crippen molar-refractivity contribution >= 4 is 152 Å². The van der Waals surface area contributed by atoms with Gasteiger partial charge in [0.05, 0.1) is 0 Å². The molecule has 0 saturated carbocycles. The van der Waals surface area contributed by atoms with Crippen LogP contribution in [0.3, 0.4) is 0 Å². The molecule has 0 amide bonds. The Morgan fingerprint density at radius 3 is 1.10 bits per heavy atom. The molecule has 0 fully saturated rings. The van der Waals surface area contributed by atoms with Gasteiger partial charge in [0.25, 0.3) is 0 Å². The Balaban J connectivity index is 0.684. The molecular formula is C88H50O2. The quantitative estimate of drug-likeness (QED) is 0.127. The number of rotatable bonds is 5. The van der Waals surface area contributed by atoms with E-state index in [2.05, 4.69) is 303 Å². The summed E-state index contributed by atoms with van der Waals surface area (Å²) in [6, 6.07) is 112. The minimum atomic E-state index is 0.878. The van der Waals surface area contributed by atoms with Crippen LogP contribution in [0, 0.1) is 0 Å². The van der Waals surface area contributed by atoms with Crippen molar-refractivity contribution in [2.75, 3.05) is 0 Å². The van der Waals surface area contributed by atoms with Crippen LogP contribution in [0.1, 0.15) is 0 Å². The van der Waals surface area contributed by atoms with Gasteiger partial charge in [0.2, 0.25) is 0 Å². The van der Waals surface area contributed by atoms with E-state index in [0.717, 1.165) is 49.3 Å². The smallest absolute Gasteiger partial charge is 0.136 e. The van der Waals surface area contributed by atoms with Crippen molar-refractivity contribution in [3.63, 3.8) is 0 Å². The predicted molar refractivity (Wildman–Crippen MR) is 383 cm³/mol. The first-order chi connectivity index (χ1) is 44.6. The van der Waals surface area contributed by atoms with Crippen molar-refractivity contribution in [2.45, 2.75) is 0 Å². The second-order valence-electron chi connectivity index (χ2n) is 24.5. The maximum absolute atomic E-state index is 6.84. The molecule has 2 heterocycles. The van der Waals surface area contributed by atoms with Gasteiger partial charge in [-0.1, -0.05) is 243 Å². The minimum Gasteiger partial charge on any atom is -0.456 e. The van der Waals surface area contributed by atoms with Crippen LogP contribution in [0.2, 0.25) is 0 Å². The fourth-order valence-electron chi connectivity index (χ4n) is 15.7. The average molecular weight is 1140 g/mol. The zero-order valence-electron chi connectivity index (χ0n) is 48.7. The van der Waals surface area contributed by atoms with Gasteiger partial charge in [0.1, 0.15) is 22.3 Å². The molecule has 0 aliphatic rings. The van der Waals surface area contributed by atoms with Crippen LogP contribution in [0.4, 0.5) is 0 Å². The van der Waals surface area contributed by atoms with E-state index in [1.807, 2.05) is 0 Å². The molecule has 0 atom stereocenters. The Kier molecular flexibility index (Phi) is 10.3. The lowest BCUT2D eigenvalue weighted by Crippen LogP contribution is -1.92. The van der Waals surface area contributed by atoms with Crippen molar-refractivity contribution < 1.29 is 8.83 Å². The molecule has 2 aromatic heterocycles. The van der Waals surface area contributed by atoms with Gasteiger partial charge >= 0.3 is 0 Å². The third-order valence-electron chi connectivity index (χ3n) is 19.7. The maximum atomic E-state index is 6.84. The molecule has 0 radical (unpaired) electrons. The summed E-state index contributed by atoms with van der Waals surface area (Å²) in [6.07, 6.45) is 0. The van der Waals surface area contributed by atoms with Gasteiger partial charge in [-0.15, -0.1) is 0 Å². The summed E-state index contributed by atoms with van der Waals surface area (Å²) in [4.78, 5) is 0. The lowest BCUT2D eigenvalue weighted by molar-refractivity contribution is 0.669. The first-order valence-corrected chi connectivity index (χ1v) is 31.1. The van der Waals surface area contributed by atoms with Crippen molar-refractivity contribution in [2.24, 2.45) is 0 Å².